The van der Waals surface area contributed by atoms with E-state index in [-0.39, 0.29) is 0 Å². The molecule has 0 unspecified atom stereocenters. The number of aromatic nitrogens is 3. The van der Waals surface area contributed by atoms with E-state index in [1.165, 1.54) is 25.3 Å². The van der Waals surface area contributed by atoms with Gasteiger partial charge in [-0.3, -0.25) is 4.68 Å². The first-order valence-corrected chi connectivity index (χ1v) is 5.94. The molecule has 6 heteroatoms. The van der Waals surface area contributed by atoms with Crippen LogP contribution in [0.4, 0.5) is 13.2 Å². The van der Waals surface area contributed by atoms with E-state index in [4.69, 9.17) is 0 Å². The molecule has 18 heavy (non-hydrogen) atoms. The normalized spacial score (nSPS) is 17.1. The Balaban J connectivity index is 1.91. The third kappa shape index (κ3) is 2.07. The number of hydrogen-bond acceptors (Lipinski definition) is 2. The molecule has 3 rings (SSSR count). The Labute approximate surface area is 102 Å². The maximum atomic E-state index is 12.5. The highest BCUT2D eigenvalue weighted by molar-refractivity contribution is 5.73. The summed E-state index contributed by atoms with van der Waals surface area (Å²) in [6.07, 6.45) is 0.796. The van der Waals surface area contributed by atoms with Crippen molar-refractivity contribution in [3.63, 3.8) is 0 Å². The molecule has 2 aromatic heterocycles. The molecule has 0 atom stereocenters. The highest BCUT2D eigenvalue weighted by Crippen LogP contribution is 2.30. The average Bonchev–Trinajstić information content (AvgIpc) is 2.63. The molecule has 0 bridgehead atoms. The van der Waals surface area contributed by atoms with E-state index in [2.05, 4.69) is 10.1 Å². The van der Waals surface area contributed by atoms with Crippen LogP contribution in [-0.4, -0.2) is 14.8 Å². The molecule has 0 radical (unpaired) electrons. The van der Waals surface area contributed by atoms with Crippen molar-refractivity contribution in [2.24, 2.45) is 5.92 Å². The zero-order valence-corrected chi connectivity index (χ0v) is 9.61. The summed E-state index contributed by atoms with van der Waals surface area (Å²) < 4.78 is 39.2. The smallest absolute Gasteiger partial charge is 0.270 e. The number of nitrogens with zero attached hydrogens (tertiary/aromatic N) is 3. The van der Waals surface area contributed by atoms with Gasteiger partial charge in [-0.2, -0.15) is 18.3 Å². The van der Waals surface area contributed by atoms with Crippen molar-refractivity contribution in [3.05, 3.63) is 24.0 Å². The number of fused-ring (bicyclic) bond motifs is 1. The van der Waals surface area contributed by atoms with Crippen LogP contribution >= 0.6 is 0 Å². The third-order valence-electron chi connectivity index (χ3n) is 3.37. The molecule has 2 heterocycles. The van der Waals surface area contributed by atoms with E-state index in [0.29, 0.717) is 17.0 Å². The minimum absolute atomic E-state index is 0.309. The van der Waals surface area contributed by atoms with Gasteiger partial charge in [0.25, 0.3) is 0 Å². The van der Waals surface area contributed by atoms with Crippen LogP contribution in [0.5, 0.6) is 0 Å². The zero-order chi connectivity index (χ0) is 12.8. The SMILES string of the molecule is FC(F)(F)c1ccc2nn(CC3CCC3)cc2n1. The molecule has 0 aliphatic heterocycles. The molecule has 0 spiro atoms. The Bertz CT molecular complexity index is 569. The molecular weight excluding hydrogens is 243 g/mol. The van der Waals surface area contributed by atoms with E-state index in [9.17, 15) is 13.2 Å². The van der Waals surface area contributed by atoms with Crippen LogP contribution in [0.3, 0.4) is 0 Å². The van der Waals surface area contributed by atoms with Gasteiger partial charge in [0.05, 0.1) is 6.20 Å². The Morgan fingerprint density at radius 1 is 1.22 bits per heavy atom. The largest absolute Gasteiger partial charge is 0.433 e. The molecule has 2 aromatic rings. The quantitative estimate of drug-likeness (QED) is 0.824. The van der Waals surface area contributed by atoms with Crippen LogP contribution in [0, 0.1) is 5.92 Å². The van der Waals surface area contributed by atoms with Gasteiger partial charge in [-0.05, 0) is 30.9 Å². The van der Waals surface area contributed by atoms with Crippen molar-refractivity contribution in [1.29, 1.82) is 0 Å². The molecule has 0 aromatic carbocycles. The summed E-state index contributed by atoms with van der Waals surface area (Å²) in [7, 11) is 0. The number of halogens is 3. The first kappa shape index (κ1) is 11.5. The Morgan fingerprint density at radius 2 is 2.00 bits per heavy atom. The van der Waals surface area contributed by atoms with Gasteiger partial charge in [0, 0.05) is 6.54 Å². The van der Waals surface area contributed by atoms with Gasteiger partial charge >= 0.3 is 6.18 Å². The lowest BCUT2D eigenvalue weighted by molar-refractivity contribution is -0.140. The van der Waals surface area contributed by atoms with Crippen LogP contribution < -0.4 is 0 Å². The van der Waals surface area contributed by atoms with Crippen molar-refractivity contribution in [1.82, 2.24) is 14.8 Å². The molecule has 0 amide bonds. The van der Waals surface area contributed by atoms with Gasteiger partial charge < -0.3 is 0 Å². The number of hydrogen-bond donors (Lipinski definition) is 0. The summed E-state index contributed by atoms with van der Waals surface area (Å²) in [6.45, 7) is 0.776. The lowest BCUT2D eigenvalue weighted by Gasteiger charge is -2.24. The summed E-state index contributed by atoms with van der Waals surface area (Å²) in [4.78, 5) is 3.61. The van der Waals surface area contributed by atoms with Gasteiger partial charge in [0.15, 0.2) is 0 Å². The van der Waals surface area contributed by atoms with Crippen molar-refractivity contribution in [3.8, 4) is 0 Å². The predicted octanol–water partition coefficient (Wildman–Crippen LogP) is 3.25. The van der Waals surface area contributed by atoms with Crippen molar-refractivity contribution in [2.45, 2.75) is 32.0 Å². The predicted molar refractivity (Wildman–Crippen MR) is 59.9 cm³/mol. The lowest BCUT2D eigenvalue weighted by atomic mass is 9.85. The molecule has 1 fully saturated rings. The summed E-state index contributed by atoms with van der Waals surface area (Å²) in [5, 5.41) is 4.24. The van der Waals surface area contributed by atoms with Gasteiger partial charge in [0.2, 0.25) is 0 Å². The Morgan fingerprint density at radius 3 is 2.61 bits per heavy atom. The van der Waals surface area contributed by atoms with Crippen molar-refractivity contribution < 1.29 is 13.2 Å². The van der Waals surface area contributed by atoms with Gasteiger partial charge in [0.1, 0.15) is 16.7 Å². The first-order chi connectivity index (χ1) is 8.52. The maximum absolute atomic E-state index is 12.5. The van der Waals surface area contributed by atoms with Crippen LogP contribution in [0.25, 0.3) is 11.0 Å². The minimum atomic E-state index is -4.40. The van der Waals surface area contributed by atoms with E-state index < -0.39 is 11.9 Å². The molecule has 0 saturated heterocycles. The summed E-state index contributed by atoms with van der Waals surface area (Å²) >= 11 is 0. The van der Waals surface area contributed by atoms with Crippen LogP contribution in [0.2, 0.25) is 0 Å². The fourth-order valence-corrected chi connectivity index (χ4v) is 2.15. The fraction of sp³-hybridized carbons (Fsp3) is 0.500. The first-order valence-electron chi connectivity index (χ1n) is 5.94. The minimum Gasteiger partial charge on any atom is -0.270 e. The van der Waals surface area contributed by atoms with Crippen molar-refractivity contribution in [2.75, 3.05) is 0 Å². The topological polar surface area (TPSA) is 30.7 Å². The van der Waals surface area contributed by atoms with E-state index in [0.717, 1.165) is 12.6 Å². The number of alkyl halides is 3. The fourth-order valence-electron chi connectivity index (χ4n) is 2.15. The molecule has 0 N–H and O–H groups in total. The van der Waals surface area contributed by atoms with Gasteiger partial charge in [-0.1, -0.05) is 6.42 Å². The molecule has 1 aliphatic carbocycles. The Kier molecular flexibility index (Phi) is 2.53. The second kappa shape index (κ2) is 3.96. The Hall–Kier alpha value is -1.59. The van der Waals surface area contributed by atoms with Gasteiger partial charge in [-0.25, -0.2) is 4.98 Å². The summed E-state index contributed by atoms with van der Waals surface area (Å²) in [6, 6.07) is 2.35. The lowest BCUT2D eigenvalue weighted by Crippen LogP contribution is -2.18. The molecule has 3 nitrogen and oxygen atoms in total. The van der Waals surface area contributed by atoms with Crippen LogP contribution in [0.15, 0.2) is 18.3 Å². The van der Waals surface area contributed by atoms with E-state index in [1.54, 1.807) is 10.9 Å². The molecule has 1 aliphatic rings. The second-order valence-corrected chi connectivity index (χ2v) is 4.75. The standard InChI is InChI=1S/C12H12F3N3/c13-12(14,15)11-5-4-9-10(16-11)7-18(17-9)6-8-2-1-3-8/h4-5,7-8H,1-3,6H2. The molecule has 1 saturated carbocycles. The highest BCUT2D eigenvalue weighted by atomic mass is 19.4. The van der Waals surface area contributed by atoms with E-state index in [1.807, 2.05) is 0 Å². The van der Waals surface area contributed by atoms with Crippen LogP contribution in [0.1, 0.15) is 25.0 Å². The zero-order valence-electron chi connectivity index (χ0n) is 9.61. The number of pyridine rings is 1. The third-order valence-corrected chi connectivity index (χ3v) is 3.37. The monoisotopic (exact) mass is 255 g/mol. The van der Waals surface area contributed by atoms with Gasteiger partial charge in [-0.15, -0.1) is 0 Å². The van der Waals surface area contributed by atoms with Crippen molar-refractivity contribution >= 4 is 11.0 Å². The molecular formula is C12H12F3N3. The summed E-state index contributed by atoms with van der Waals surface area (Å²) in [5.74, 6) is 0.612. The summed E-state index contributed by atoms with van der Waals surface area (Å²) in [5.41, 5.74) is -0.0373. The highest BCUT2D eigenvalue weighted by Gasteiger charge is 2.32. The maximum Gasteiger partial charge on any atom is 0.433 e. The van der Waals surface area contributed by atoms with Crippen LogP contribution in [-0.2, 0) is 12.7 Å². The second-order valence-electron chi connectivity index (χ2n) is 4.75. The number of rotatable bonds is 2. The van der Waals surface area contributed by atoms with E-state index >= 15 is 0 Å². The average molecular weight is 255 g/mol. The molecule has 96 valence electrons.